The van der Waals surface area contributed by atoms with Gasteiger partial charge in [-0.15, -0.1) is 0 Å². The van der Waals surface area contributed by atoms with Gasteiger partial charge in [0, 0.05) is 38.8 Å². The number of amides is 1. The summed E-state index contributed by atoms with van der Waals surface area (Å²) in [6, 6.07) is 4.51. The van der Waals surface area contributed by atoms with Gasteiger partial charge in [0.05, 0.1) is 55.3 Å². The molecule has 2 aliphatic rings. The zero-order valence-electron chi connectivity index (χ0n) is 24.7. The SMILES string of the molecule is O=C(Cc1ccc(OCCCC2CCN(c3ncc(Cl)cn3)CC2)cc1F)N1CCC(O)(CNC[C@H](O)[C@H](O)[C@H](O)CO)C1. The number of hydrogen-bond donors (Lipinski definition) is 6. The number of ether oxygens (including phenoxy) is 1. The molecular formula is C30H43ClFN5O7. The molecule has 0 radical (unpaired) electrons. The van der Waals surface area contributed by atoms with E-state index in [0.717, 1.165) is 38.8 Å². The van der Waals surface area contributed by atoms with Gasteiger partial charge in [0.15, 0.2) is 0 Å². The second-order valence-corrected chi connectivity index (χ2v) is 12.2. The molecule has 0 bridgehead atoms. The van der Waals surface area contributed by atoms with Crippen LogP contribution in [-0.2, 0) is 11.2 Å². The van der Waals surface area contributed by atoms with E-state index < -0.39 is 36.3 Å². The molecule has 4 atom stereocenters. The number of carbonyl (C=O) groups excluding carboxylic acids is 1. The molecule has 4 rings (SSSR count). The van der Waals surface area contributed by atoms with Crippen molar-refractivity contribution in [2.75, 3.05) is 57.4 Å². The summed E-state index contributed by atoms with van der Waals surface area (Å²) < 4.78 is 20.6. The number of aliphatic hydroxyl groups is 5. The molecule has 0 aliphatic carbocycles. The highest BCUT2D eigenvalue weighted by Gasteiger charge is 2.38. The predicted octanol–water partition coefficient (Wildman–Crippen LogP) is 0.515. The van der Waals surface area contributed by atoms with Crippen molar-refractivity contribution in [2.45, 2.75) is 62.4 Å². The fraction of sp³-hybridized carbons (Fsp3) is 0.633. The summed E-state index contributed by atoms with van der Waals surface area (Å²) >= 11 is 5.87. The Morgan fingerprint density at radius 2 is 1.89 bits per heavy atom. The van der Waals surface area contributed by atoms with Gasteiger partial charge < -0.3 is 45.4 Å². The fourth-order valence-electron chi connectivity index (χ4n) is 5.64. The Labute approximate surface area is 261 Å². The summed E-state index contributed by atoms with van der Waals surface area (Å²) in [6.45, 7) is 1.78. The Balaban J connectivity index is 1.13. The van der Waals surface area contributed by atoms with Gasteiger partial charge in [-0.2, -0.15) is 0 Å². The van der Waals surface area contributed by atoms with E-state index in [1.165, 1.54) is 11.0 Å². The highest BCUT2D eigenvalue weighted by atomic mass is 35.5. The van der Waals surface area contributed by atoms with Crippen molar-refractivity contribution in [1.82, 2.24) is 20.2 Å². The van der Waals surface area contributed by atoms with Crippen LogP contribution >= 0.6 is 11.6 Å². The molecule has 1 unspecified atom stereocenters. The third kappa shape index (κ3) is 9.67. The zero-order valence-corrected chi connectivity index (χ0v) is 25.4. The average Bonchev–Trinajstić information content (AvgIpc) is 3.42. The van der Waals surface area contributed by atoms with E-state index in [1.54, 1.807) is 24.5 Å². The van der Waals surface area contributed by atoms with Crippen LogP contribution in [0.5, 0.6) is 5.75 Å². The van der Waals surface area contributed by atoms with Gasteiger partial charge in [-0.1, -0.05) is 17.7 Å². The summed E-state index contributed by atoms with van der Waals surface area (Å²) in [6.07, 6.45) is 2.92. The fourth-order valence-corrected chi connectivity index (χ4v) is 5.74. The number of nitrogens with zero attached hydrogens (tertiary/aromatic N) is 4. The second-order valence-electron chi connectivity index (χ2n) is 11.8. The van der Waals surface area contributed by atoms with E-state index in [9.17, 15) is 29.6 Å². The van der Waals surface area contributed by atoms with E-state index in [-0.39, 0.29) is 43.9 Å². The van der Waals surface area contributed by atoms with E-state index in [4.69, 9.17) is 21.4 Å². The second kappa shape index (κ2) is 16.1. The van der Waals surface area contributed by atoms with E-state index in [0.29, 0.717) is 35.8 Å². The lowest BCUT2D eigenvalue weighted by atomic mass is 9.92. The number of carbonyl (C=O) groups is 1. The predicted molar refractivity (Wildman–Crippen MR) is 161 cm³/mol. The lowest BCUT2D eigenvalue weighted by molar-refractivity contribution is -0.130. The van der Waals surface area contributed by atoms with Crippen molar-refractivity contribution >= 4 is 23.5 Å². The lowest BCUT2D eigenvalue weighted by Crippen LogP contribution is -2.49. The number of anilines is 1. The van der Waals surface area contributed by atoms with Gasteiger partial charge in [-0.25, -0.2) is 14.4 Å². The summed E-state index contributed by atoms with van der Waals surface area (Å²) in [4.78, 5) is 25.1. The topological polar surface area (TPSA) is 172 Å². The Bertz CT molecular complexity index is 1210. The number of aliphatic hydroxyl groups excluding tert-OH is 4. The number of nitrogens with one attached hydrogen (secondary N) is 1. The number of piperidine rings is 1. The van der Waals surface area contributed by atoms with E-state index in [2.05, 4.69) is 20.2 Å². The normalized spacial score (nSPS) is 21.3. The Hall–Kier alpha value is -2.65. The number of halogens is 2. The van der Waals surface area contributed by atoms with Gasteiger partial charge in [0.2, 0.25) is 11.9 Å². The van der Waals surface area contributed by atoms with Crippen LogP contribution in [0.15, 0.2) is 30.6 Å². The van der Waals surface area contributed by atoms with Crippen molar-refractivity contribution in [3.8, 4) is 5.75 Å². The molecule has 3 heterocycles. The molecule has 12 nitrogen and oxygen atoms in total. The quantitative estimate of drug-likeness (QED) is 0.150. The van der Waals surface area contributed by atoms with Crippen LogP contribution in [0.3, 0.4) is 0 Å². The number of likely N-dealkylation sites (tertiary alicyclic amines) is 1. The first-order valence-electron chi connectivity index (χ1n) is 15.1. The van der Waals surface area contributed by atoms with Crippen LogP contribution in [0, 0.1) is 11.7 Å². The van der Waals surface area contributed by atoms with E-state index >= 15 is 0 Å². The number of benzene rings is 1. The van der Waals surface area contributed by atoms with Crippen molar-refractivity contribution in [3.05, 3.63) is 47.0 Å². The van der Waals surface area contributed by atoms with Crippen LogP contribution in [0.4, 0.5) is 10.3 Å². The summed E-state index contributed by atoms with van der Waals surface area (Å²) in [5.41, 5.74) is -1.01. The molecule has 0 spiro atoms. The van der Waals surface area contributed by atoms with Gasteiger partial charge >= 0.3 is 0 Å². The lowest BCUT2D eigenvalue weighted by Gasteiger charge is -2.31. The number of aromatic nitrogens is 2. The highest BCUT2D eigenvalue weighted by molar-refractivity contribution is 6.30. The monoisotopic (exact) mass is 639 g/mol. The molecule has 2 aromatic rings. The average molecular weight is 640 g/mol. The first kappa shape index (κ1) is 34.2. The number of hydrogen-bond acceptors (Lipinski definition) is 11. The molecular weight excluding hydrogens is 597 g/mol. The highest BCUT2D eigenvalue weighted by Crippen LogP contribution is 2.26. The van der Waals surface area contributed by atoms with Crippen LogP contribution in [0.25, 0.3) is 0 Å². The smallest absolute Gasteiger partial charge is 0.227 e. The summed E-state index contributed by atoms with van der Waals surface area (Å²) in [5, 5.41) is 52.1. The molecule has 2 aliphatic heterocycles. The summed E-state index contributed by atoms with van der Waals surface area (Å²) in [7, 11) is 0. The van der Waals surface area contributed by atoms with Gasteiger partial charge in [-0.3, -0.25) is 4.79 Å². The number of rotatable bonds is 15. The van der Waals surface area contributed by atoms with Crippen LogP contribution in [0.2, 0.25) is 5.02 Å². The molecule has 14 heteroatoms. The maximum absolute atomic E-state index is 14.8. The molecule has 0 saturated carbocycles. The molecule has 1 aromatic carbocycles. The minimum atomic E-state index is -1.54. The Morgan fingerprint density at radius 1 is 1.16 bits per heavy atom. The Morgan fingerprint density at radius 3 is 2.57 bits per heavy atom. The third-order valence-corrected chi connectivity index (χ3v) is 8.56. The van der Waals surface area contributed by atoms with Crippen LogP contribution in [0.1, 0.15) is 37.7 Å². The summed E-state index contributed by atoms with van der Waals surface area (Å²) in [5.74, 6) is 0.849. The third-order valence-electron chi connectivity index (χ3n) is 8.36. The maximum Gasteiger partial charge on any atom is 0.227 e. The minimum absolute atomic E-state index is 0.0352. The van der Waals surface area contributed by atoms with Crippen molar-refractivity contribution in [1.29, 1.82) is 0 Å². The van der Waals surface area contributed by atoms with Crippen LogP contribution in [-0.4, -0.2) is 123 Å². The standard InChI is InChI=1S/C30H43ClFN5O7/c31-22-14-34-29(35-15-22)36-8-5-20(6-9-36)2-1-11-44-23-4-3-21(24(32)13-23)12-27(41)37-10-7-30(43,19-37)18-33-16-25(39)28(42)26(40)17-38/h3-4,13-15,20,25-26,28,33,38-40,42-43H,1-2,5-12,16-19H2/t25-,26+,28-,30?/m0/s1. The maximum atomic E-state index is 14.8. The van der Waals surface area contributed by atoms with Gasteiger partial charge in [0.1, 0.15) is 23.8 Å². The van der Waals surface area contributed by atoms with Gasteiger partial charge in [0.25, 0.3) is 0 Å². The molecule has 1 aromatic heterocycles. The van der Waals surface area contributed by atoms with Crippen LogP contribution < -0.4 is 15.0 Å². The first-order valence-corrected chi connectivity index (χ1v) is 15.4. The molecule has 6 N–H and O–H groups in total. The van der Waals surface area contributed by atoms with Crippen molar-refractivity contribution in [2.24, 2.45) is 5.92 Å². The minimum Gasteiger partial charge on any atom is -0.493 e. The van der Waals surface area contributed by atoms with Gasteiger partial charge in [-0.05, 0) is 49.7 Å². The Kier molecular flexibility index (Phi) is 12.5. The first-order chi connectivity index (χ1) is 21.1. The number of β-amino-alcohol motifs (C(OH)–C–C–N with tert-alkyl or cyclic N) is 1. The molecule has 1 amide bonds. The molecule has 244 valence electrons. The zero-order chi connectivity index (χ0) is 31.7. The molecule has 44 heavy (non-hydrogen) atoms. The largest absolute Gasteiger partial charge is 0.493 e. The van der Waals surface area contributed by atoms with E-state index in [1.807, 2.05) is 0 Å². The molecule has 2 saturated heterocycles. The van der Waals surface area contributed by atoms with Crippen molar-refractivity contribution in [3.63, 3.8) is 0 Å². The molecule has 2 fully saturated rings. The van der Waals surface area contributed by atoms with Crippen molar-refractivity contribution < 1.29 is 39.5 Å².